The third-order valence-electron chi connectivity index (χ3n) is 4.32. The molecule has 0 unspecified atom stereocenters. The summed E-state index contributed by atoms with van der Waals surface area (Å²) < 4.78 is 6.89. The summed E-state index contributed by atoms with van der Waals surface area (Å²) in [5.41, 5.74) is -0.107. The zero-order valence-corrected chi connectivity index (χ0v) is 13.7. The lowest BCUT2D eigenvalue weighted by Crippen LogP contribution is -2.22. The number of hydrogen-bond donors (Lipinski definition) is 1. The normalized spacial score (nSPS) is 11.4. The summed E-state index contributed by atoms with van der Waals surface area (Å²) in [7, 11) is 0. The predicted molar refractivity (Wildman–Crippen MR) is 94.7 cm³/mol. The molecule has 0 aliphatic carbocycles. The fourth-order valence-electron chi connectivity index (χ4n) is 3.12. The first-order valence-electron chi connectivity index (χ1n) is 8.42. The maximum Gasteiger partial charge on any atom is 0.339 e. The number of aryl methyl sites for hydroxylation is 1. The van der Waals surface area contributed by atoms with Crippen molar-refractivity contribution in [3.05, 3.63) is 51.1 Å². The second-order valence-corrected chi connectivity index (χ2v) is 6.04. The minimum absolute atomic E-state index is 0.0712. The van der Waals surface area contributed by atoms with Crippen LogP contribution in [0.2, 0.25) is 0 Å². The number of para-hydroxylation sites is 1. The molecule has 126 valence electrons. The Kier molecular flexibility index (Phi) is 4.69. The fraction of sp³-hybridized carbons (Fsp3) is 0.368. The van der Waals surface area contributed by atoms with E-state index in [0.717, 1.165) is 30.8 Å². The zero-order chi connectivity index (χ0) is 17.1. The number of unbranched alkanes of at least 4 members (excludes halogenated alkanes) is 4. The number of rotatable bonds is 6. The van der Waals surface area contributed by atoms with E-state index in [1.165, 1.54) is 12.8 Å². The number of aromatic hydroxyl groups is 1. The van der Waals surface area contributed by atoms with Crippen molar-refractivity contribution in [3.8, 4) is 5.75 Å². The molecular weight excluding hydrogens is 306 g/mol. The SMILES string of the molecule is CCCCCCCn1c(=O)c2c(O)cc(=O)oc2c2ccccc21. The fourth-order valence-corrected chi connectivity index (χ4v) is 3.12. The van der Waals surface area contributed by atoms with Gasteiger partial charge in [-0.25, -0.2) is 4.79 Å². The van der Waals surface area contributed by atoms with Gasteiger partial charge in [0, 0.05) is 11.9 Å². The molecule has 0 atom stereocenters. The third-order valence-corrected chi connectivity index (χ3v) is 4.32. The lowest BCUT2D eigenvalue weighted by atomic mass is 10.1. The van der Waals surface area contributed by atoms with Crippen molar-refractivity contribution < 1.29 is 9.52 Å². The largest absolute Gasteiger partial charge is 0.507 e. The Hall–Kier alpha value is -2.56. The van der Waals surface area contributed by atoms with Crippen molar-refractivity contribution in [3.63, 3.8) is 0 Å². The number of hydrogen-bond acceptors (Lipinski definition) is 4. The summed E-state index contributed by atoms with van der Waals surface area (Å²) in [5, 5.41) is 10.8. The molecule has 0 aliphatic heterocycles. The first kappa shape index (κ1) is 16.3. The molecule has 0 saturated heterocycles. The monoisotopic (exact) mass is 327 g/mol. The number of pyridine rings is 1. The van der Waals surface area contributed by atoms with E-state index in [4.69, 9.17) is 4.42 Å². The third kappa shape index (κ3) is 2.94. The maximum atomic E-state index is 12.8. The van der Waals surface area contributed by atoms with Crippen LogP contribution in [0.5, 0.6) is 5.75 Å². The zero-order valence-electron chi connectivity index (χ0n) is 13.7. The number of benzene rings is 1. The molecule has 3 aromatic rings. The Bertz CT molecular complexity index is 984. The maximum absolute atomic E-state index is 12.8. The first-order chi connectivity index (χ1) is 11.6. The Morgan fingerprint density at radius 3 is 2.62 bits per heavy atom. The van der Waals surface area contributed by atoms with E-state index in [1.807, 2.05) is 18.2 Å². The smallest absolute Gasteiger partial charge is 0.339 e. The highest BCUT2D eigenvalue weighted by Crippen LogP contribution is 2.26. The van der Waals surface area contributed by atoms with Crippen molar-refractivity contribution >= 4 is 21.9 Å². The summed E-state index contributed by atoms with van der Waals surface area (Å²) in [6.45, 7) is 2.75. The van der Waals surface area contributed by atoms with Crippen LogP contribution in [0.4, 0.5) is 0 Å². The lowest BCUT2D eigenvalue weighted by molar-refractivity contribution is 0.466. The highest BCUT2D eigenvalue weighted by Gasteiger charge is 2.16. The van der Waals surface area contributed by atoms with E-state index in [2.05, 4.69) is 6.92 Å². The van der Waals surface area contributed by atoms with Gasteiger partial charge in [0.15, 0.2) is 5.58 Å². The highest BCUT2D eigenvalue weighted by atomic mass is 16.4. The van der Waals surface area contributed by atoms with Gasteiger partial charge in [-0.15, -0.1) is 0 Å². The second kappa shape index (κ2) is 6.91. The first-order valence-corrected chi connectivity index (χ1v) is 8.42. The Morgan fingerprint density at radius 2 is 1.83 bits per heavy atom. The van der Waals surface area contributed by atoms with Gasteiger partial charge in [0.25, 0.3) is 5.56 Å². The van der Waals surface area contributed by atoms with Crippen molar-refractivity contribution in [2.75, 3.05) is 0 Å². The van der Waals surface area contributed by atoms with Gasteiger partial charge in [0.05, 0.1) is 11.6 Å². The molecule has 0 fully saturated rings. The van der Waals surface area contributed by atoms with Gasteiger partial charge in [-0.3, -0.25) is 4.79 Å². The van der Waals surface area contributed by atoms with E-state index < -0.39 is 5.63 Å². The van der Waals surface area contributed by atoms with Gasteiger partial charge in [-0.1, -0.05) is 44.7 Å². The summed E-state index contributed by atoms with van der Waals surface area (Å²) in [4.78, 5) is 24.4. The van der Waals surface area contributed by atoms with Crippen LogP contribution in [0.25, 0.3) is 21.9 Å². The second-order valence-electron chi connectivity index (χ2n) is 6.04. The Balaban J connectivity index is 2.15. The van der Waals surface area contributed by atoms with Crippen LogP contribution in [0, 0.1) is 0 Å². The summed E-state index contributed by atoms with van der Waals surface area (Å²) in [6.07, 6.45) is 5.47. The summed E-state index contributed by atoms with van der Waals surface area (Å²) >= 11 is 0. The summed E-state index contributed by atoms with van der Waals surface area (Å²) in [6, 6.07) is 8.26. The number of fused-ring (bicyclic) bond motifs is 3. The molecule has 1 aromatic carbocycles. The molecular formula is C19H21NO4. The van der Waals surface area contributed by atoms with Crippen LogP contribution in [-0.4, -0.2) is 9.67 Å². The molecule has 3 rings (SSSR count). The highest BCUT2D eigenvalue weighted by molar-refractivity contribution is 6.03. The average Bonchev–Trinajstić information content (AvgIpc) is 2.56. The molecule has 5 nitrogen and oxygen atoms in total. The van der Waals surface area contributed by atoms with E-state index in [9.17, 15) is 14.7 Å². The molecule has 2 heterocycles. The molecule has 0 spiro atoms. The van der Waals surface area contributed by atoms with Crippen LogP contribution in [0.15, 0.2) is 44.3 Å². The van der Waals surface area contributed by atoms with Gasteiger partial charge < -0.3 is 14.1 Å². The minimum atomic E-state index is -0.665. The van der Waals surface area contributed by atoms with Gasteiger partial charge in [-0.2, -0.15) is 0 Å². The predicted octanol–water partition coefficient (Wildman–Crippen LogP) is 3.78. The molecule has 5 heteroatoms. The molecule has 24 heavy (non-hydrogen) atoms. The van der Waals surface area contributed by atoms with Gasteiger partial charge in [0.1, 0.15) is 11.1 Å². The van der Waals surface area contributed by atoms with Crippen LogP contribution < -0.4 is 11.2 Å². The lowest BCUT2D eigenvalue weighted by Gasteiger charge is -2.12. The van der Waals surface area contributed by atoms with Crippen LogP contribution in [0.1, 0.15) is 39.0 Å². The Morgan fingerprint density at radius 1 is 1.08 bits per heavy atom. The van der Waals surface area contributed by atoms with Gasteiger partial charge in [-0.05, 0) is 18.6 Å². The van der Waals surface area contributed by atoms with E-state index in [1.54, 1.807) is 10.6 Å². The van der Waals surface area contributed by atoms with Crippen molar-refractivity contribution in [2.45, 2.75) is 45.6 Å². The standard InChI is InChI=1S/C19H21NO4/c1-2-3-4-5-8-11-20-14-10-7-6-9-13(14)18-17(19(20)23)15(21)12-16(22)24-18/h6-7,9-10,12,21H,2-5,8,11H2,1H3. The molecule has 0 amide bonds. The van der Waals surface area contributed by atoms with Crippen LogP contribution >= 0.6 is 0 Å². The number of aromatic nitrogens is 1. The van der Waals surface area contributed by atoms with Crippen LogP contribution in [-0.2, 0) is 6.54 Å². The van der Waals surface area contributed by atoms with Gasteiger partial charge >= 0.3 is 5.63 Å². The Labute approximate surface area is 139 Å². The van der Waals surface area contributed by atoms with E-state index >= 15 is 0 Å². The molecule has 0 aliphatic rings. The van der Waals surface area contributed by atoms with Crippen LogP contribution in [0.3, 0.4) is 0 Å². The van der Waals surface area contributed by atoms with E-state index in [0.29, 0.717) is 11.9 Å². The minimum Gasteiger partial charge on any atom is -0.507 e. The molecule has 2 aromatic heterocycles. The average molecular weight is 327 g/mol. The summed E-state index contributed by atoms with van der Waals surface area (Å²) in [5.74, 6) is -0.322. The van der Waals surface area contributed by atoms with Crippen molar-refractivity contribution in [1.82, 2.24) is 4.57 Å². The number of nitrogens with zero attached hydrogens (tertiary/aromatic N) is 1. The topological polar surface area (TPSA) is 72.4 Å². The van der Waals surface area contributed by atoms with Gasteiger partial charge in [0.2, 0.25) is 0 Å². The molecule has 0 radical (unpaired) electrons. The quantitative estimate of drug-likeness (QED) is 0.552. The van der Waals surface area contributed by atoms with Crippen molar-refractivity contribution in [2.24, 2.45) is 0 Å². The molecule has 1 N–H and O–H groups in total. The van der Waals surface area contributed by atoms with E-state index in [-0.39, 0.29) is 22.3 Å². The molecule has 0 bridgehead atoms. The van der Waals surface area contributed by atoms with Crippen molar-refractivity contribution in [1.29, 1.82) is 0 Å². The molecule has 0 saturated carbocycles.